The van der Waals surface area contributed by atoms with Crippen molar-refractivity contribution in [3.05, 3.63) is 107 Å². The Kier molecular flexibility index (Phi) is 6.74. The number of morpholine rings is 1. The molecule has 4 aromatic rings. The van der Waals surface area contributed by atoms with Crippen molar-refractivity contribution in [3.8, 4) is 17.2 Å². The lowest BCUT2D eigenvalue weighted by Crippen LogP contribution is -2.58. The Hall–Kier alpha value is -4.64. The first-order valence-corrected chi connectivity index (χ1v) is 12.8. The van der Waals surface area contributed by atoms with E-state index in [1.54, 1.807) is 24.5 Å². The minimum absolute atomic E-state index is 0.0637. The van der Waals surface area contributed by atoms with Crippen molar-refractivity contribution in [3.63, 3.8) is 0 Å². The van der Waals surface area contributed by atoms with Crippen LogP contribution in [0.3, 0.4) is 0 Å². The monoisotopic (exact) mass is 564 g/mol. The zero-order valence-electron chi connectivity index (χ0n) is 21.4. The average molecular weight is 565 g/mol. The van der Waals surface area contributed by atoms with Gasteiger partial charge in [-0.3, -0.25) is 9.69 Å². The summed E-state index contributed by atoms with van der Waals surface area (Å²) in [6.45, 7) is 0.205. The van der Waals surface area contributed by atoms with Gasteiger partial charge in [-0.05, 0) is 47.5 Å². The van der Waals surface area contributed by atoms with E-state index in [4.69, 9.17) is 13.9 Å². The fraction of sp³-hybridized carbons (Fsp3) is 0.233. The third-order valence-corrected chi connectivity index (χ3v) is 7.20. The number of hydrogen-bond acceptors (Lipinski definition) is 7. The number of aliphatic carboxylic acids is 1. The summed E-state index contributed by atoms with van der Waals surface area (Å²) < 4.78 is 56.0. The Balaban J connectivity index is 1.20. The summed E-state index contributed by atoms with van der Waals surface area (Å²) in [5.41, 5.74) is 2.28. The Morgan fingerprint density at radius 3 is 2.49 bits per heavy atom. The minimum atomic E-state index is -4.50. The highest BCUT2D eigenvalue weighted by atomic mass is 19.4. The molecule has 3 aromatic carbocycles. The maximum Gasteiger partial charge on any atom is 0.416 e. The molecule has 3 aliphatic heterocycles. The maximum absolute atomic E-state index is 13.0. The van der Waals surface area contributed by atoms with Crippen LogP contribution in [0, 0.1) is 0 Å². The second kappa shape index (κ2) is 10.4. The molecule has 4 heterocycles. The number of carboxylic acids is 1. The summed E-state index contributed by atoms with van der Waals surface area (Å²) in [5.74, 6) is -0.852. The smallest absolute Gasteiger partial charge is 0.416 e. The normalized spacial score (nSPS) is 20.0. The van der Waals surface area contributed by atoms with Crippen molar-refractivity contribution in [2.75, 3.05) is 6.61 Å². The highest BCUT2D eigenvalue weighted by Crippen LogP contribution is 2.48. The zero-order chi connectivity index (χ0) is 28.7. The van der Waals surface area contributed by atoms with Gasteiger partial charge >= 0.3 is 18.1 Å². The van der Waals surface area contributed by atoms with Gasteiger partial charge in [0.25, 0.3) is 0 Å². The number of oxazole rings is 1. The van der Waals surface area contributed by atoms with Crippen LogP contribution in [0.1, 0.15) is 40.1 Å². The fourth-order valence-electron chi connectivity index (χ4n) is 5.28. The highest BCUT2D eigenvalue weighted by molar-refractivity contribution is 5.86. The van der Waals surface area contributed by atoms with Crippen molar-refractivity contribution in [2.24, 2.45) is 0 Å². The average Bonchev–Trinajstić information content (AvgIpc) is 3.42. The molecule has 41 heavy (non-hydrogen) atoms. The summed E-state index contributed by atoms with van der Waals surface area (Å²) in [4.78, 5) is 31.1. The molecule has 3 unspecified atom stereocenters. The summed E-state index contributed by atoms with van der Waals surface area (Å²) in [6.07, 6.45) is -3.54. The predicted octanol–water partition coefficient (Wildman–Crippen LogP) is 5.59. The number of fused-ring (bicyclic) bond motifs is 2. The SMILES string of the molecule is O=C1OC2c3ccc(OCCc4coc(-c5ccccc5)n4)cc3C1N(Cc1ccc(C(F)(F)F)cc1)C2C(=O)O. The first-order chi connectivity index (χ1) is 19.7. The van der Waals surface area contributed by atoms with Crippen molar-refractivity contribution in [2.45, 2.75) is 37.3 Å². The van der Waals surface area contributed by atoms with Gasteiger partial charge in [0.05, 0.1) is 17.9 Å². The molecule has 0 radical (unpaired) electrons. The van der Waals surface area contributed by atoms with E-state index in [-0.39, 0.29) is 13.2 Å². The van der Waals surface area contributed by atoms with E-state index >= 15 is 0 Å². The molecule has 7 rings (SSSR count). The number of carbonyl (C=O) groups is 2. The largest absolute Gasteiger partial charge is 0.493 e. The van der Waals surface area contributed by atoms with Gasteiger partial charge < -0.3 is 19.0 Å². The van der Waals surface area contributed by atoms with Crippen LogP contribution >= 0.6 is 0 Å². The van der Waals surface area contributed by atoms with Gasteiger partial charge in [-0.2, -0.15) is 13.2 Å². The second-order valence-corrected chi connectivity index (χ2v) is 9.81. The van der Waals surface area contributed by atoms with Gasteiger partial charge in [0, 0.05) is 24.1 Å². The first kappa shape index (κ1) is 26.6. The summed E-state index contributed by atoms with van der Waals surface area (Å²) in [6, 6.07) is 16.7. The Morgan fingerprint density at radius 1 is 1.02 bits per heavy atom. The van der Waals surface area contributed by atoms with Crippen LogP contribution in [0.25, 0.3) is 11.5 Å². The van der Waals surface area contributed by atoms with E-state index in [1.165, 1.54) is 17.0 Å². The molecule has 210 valence electrons. The number of aromatic nitrogens is 1. The molecule has 1 aromatic heterocycles. The zero-order valence-corrected chi connectivity index (χ0v) is 21.4. The molecule has 0 aliphatic carbocycles. The molecule has 11 heteroatoms. The quantitative estimate of drug-likeness (QED) is 0.277. The molecule has 1 saturated heterocycles. The van der Waals surface area contributed by atoms with Crippen LogP contribution in [0.15, 0.2) is 83.5 Å². The Morgan fingerprint density at radius 2 is 1.78 bits per heavy atom. The Labute approximate surface area is 231 Å². The number of esters is 1. The van der Waals surface area contributed by atoms with Gasteiger partial charge in [-0.1, -0.05) is 36.4 Å². The van der Waals surface area contributed by atoms with Crippen molar-refractivity contribution in [1.82, 2.24) is 9.88 Å². The third kappa shape index (κ3) is 5.16. The maximum atomic E-state index is 13.0. The summed E-state index contributed by atoms with van der Waals surface area (Å²) in [7, 11) is 0. The molecule has 3 aliphatic rings. The van der Waals surface area contributed by atoms with E-state index in [1.807, 2.05) is 30.3 Å². The van der Waals surface area contributed by atoms with E-state index in [0.29, 0.717) is 40.4 Å². The number of rotatable bonds is 8. The predicted molar refractivity (Wildman–Crippen MR) is 138 cm³/mol. The van der Waals surface area contributed by atoms with Crippen LogP contribution in [0.5, 0.6) is 5.75 Å². The molecule has 1 fully saturated rings. The van der Waals surface area contributed by atoms with E-state index < -0.39 is 41.9 Å². The van der Waals surface area contributed by atoms with Gasteiger partial charge in [-0.15, -0.1) is 0 Å². The lowest BCUT2D eigenvalue weighted by atomic mass is 9.82. The van der Waals surface area contributed by atoms with Gasteiger partial charge in [-0.25, -0.2) is 9.78 Å². The summed E-state index contributed by atoms with van der Waals surface area (Å²) >= 11 is 0. The topological polar surface area (TPSA) is 102 Å². The van der Waals surface area contributed by atoms with Crippen LogP contribution in [0.4, 0.5) is 13.2 Å². The van der Waals surface area contributed by atoms with Gasteiger partial charge in [0.2, 0.25) is 5.89 Å². The van der Waals surface area contributed by atoms with Crippen LogP contribution in [0.2, 0.25) is 0 Å². The van der Waals surface area contributed by atoms with Gasteiger partial charge in [0.15, 0.2) is 12.1 Å². The molecular weight excluding hydrogens is 541 g/mol. The number of nitrogens with zero attached hydrogens (tertiary/aromatic N) is 2. The summed E-state index contributed by atoms with van der Waals surface area (Å²) in [5, 5.41) is 10.0. The van der Waals surface area contributed by atoms with Gasteiger partial charge in [0.1, 0.15) is 18.1 Å². The third-order valence-electron chi connectivity index (χ3n) is 7.20. The molecule has 8 nitrogen and oxygen atoms in total. The first-order valence-electron chi connectivity index (χ1n) is 12.8. The number of carboxylic acid groups (broad SMARTS) is 1. The second-order valence-electron chi connectivity index (χ2n) is 9.81. The Bertz CT molecular complexity index is 1590. The van der Waals surface area contributed by atoms with E-state index in [9.17, 15) is 27.9 Å². The van der Waals surface area contributed by atoms with Crippen LogP contribution in [-0.4, -0.2) is 39.6 Å². The molecule has 0 saturated carbocycles. The van der Waals surface area contributed by atoms with Crippen LogP contribution < -0.4 is 4.74 Å². The molecule has 0 spiro atoms. The minimum Gasteiger partial charge on any atom is -0.493 e. The van der Waals surface area contributed by atoms with Crippen molar-refractivity contribution in [1.29, 1.82) is 0 Å². The van der Waals surface area contributed by atoms with Crippen molar-refractivity contribution < 1.29 is 41.8 Å². The molecular formula is C30H23F3N2O6. The molecule has 1 N–H and O–H groups in total. The number of carbonyl (C=O) groups excluding carboxylic acids is 1. The molecule has 3 atom stereocenters. The lowest BCUT2D eigenvalue weighted by molar-refractivity contribution is -0.188. The number of alkyl halides is 3. The van der Waals surface area contributed by atoms with Crippen molar-refractivity contribution >= 4 is 11.9 Å². The molecule has 0 amide bonds. The fourth-order valence-corrected chi connectivity index (χ4v) is 5.28. The standard InChI is InChI=1S/C30H23F3N2O6/c31-30(32,33)19-8-6-17(7-9-19)15-35-24-23-14-21(10-11-22(23)26(41-29(24)38)25(35)28(36)37)39-13-12-20-16-40-27(34-20)18-4-2-1-3-5-18/h1-11,14,16,24-26H,12-13,15H2,(H,36,37). The van der Waals surface area contributed by atoms with Crippen LogP contribution in [-0.2, 0) is 33.5 Å². The lowest BCUT2D eigenvalue weighted by Gasteiger charge is -2.48. The number of hydrogen-bond donors (Lipinski definition) is 1. The highest BCUT2D eigenvalue weighted by Gasteiger charge is 2.54. The number of benzene rings is 3. The molecule has 2 bridgehead atoms. The number of halogens is 3. The number of ether oxygens (including phenoxy) is 2. The van der Waals surface area contributed by atoms with E-state index in [2.05, 4.69) is 4.98 Å². The van der Waals surface area contributed by atoms with E-state index in [0.717, 1.165) is 17.7 Å².